The van der Waals surface area contributed by atoms with E-state index in [1.807, 2.05) is 30.3 Å². The third kappa shape index (κ3) is 2.64. The number of hydrogen-bond donors (Lipinski definition) is 0. The maximum atomic E-state index is 6.11. The van der Waals surface area contributed by atoms with E-state index in [1.165, 1.54) is 0 Å². The van der Waals surface area contributed by atoms with Gasteiger partial charge in [0.2, 0.25) is 0 Å². The average Bonchev–Trinajstić information content (AvgIpc) is 2.79. The van der Waals surface area contributed by atoms with Gasteiger partial charge in [0.05, 0.1) is 9.50 Å². The van der Waals surface area contributed by atoms with Crippen molar-refractivity contribution in [2.45, 2.75) is 6.42 Å². The molecule has 0 N–H and O–H groups in total. The van der Waals surface area contributed by atoms with E-state index in [0.717, 1.165) is 10.0 Å². The lowest BCUT2D eigenvalue weighted by atomic mass is 10.1. The van der Waals surface area contributed by atoms with Gasteiger partial charge in [0.15, 0.2) is 11.5 Å². The Bertz CT molecular complexity index is 715. The van der Waals surface area contributed by atoms with Crippen molar-refractivity contribution >= 4 is 50.2 Å². The zero-order chi connectivity index (χ0) is 13.4. The predicted octanol–water partition coefficient (Wildman–Crippen LogP) is 5.49. The van der Waals surface area contributed by atoms with E-state index in [1.54, 1.807) is 6.07 Å². The summed E-state index contributed by atoms with van der Waals surface area (Å²) in [5.74, 6) is 0.617. The number of rotatable bonds is 2. The second kappa shape index (κ2) is 5.16. The quantitative estimate of drug-likeness (QED) is 0.606. The number of fused-ring (bicyclic) bond motifs is 1. The van der Waals surface area contributed by atoms with Crippen LogP contribution in [0.5, 0.6) is 0 Å². The summed E-state index contributed by atoms with van der Waals surface area (Å²) in [6.07, 6.45) is 0.581. The summed E-state index contributed by atoms with van der Waals surface area (Å²) in [7, 11) is 0. The fourth-order valence-corrected chi connectivity index (χ4v) is 2.69. The first kappa shape index (κ1) is 13.0. The highest BCUT2D eigenvalue weighted by Gasteiger charge is 2.12. The van der Waals surface area contributed by atoms with Gasteiger partial charge in [-0.1, -0.05) is 35.3 Å². The predicted molar refractivity (Wildman–Crippen MR) is 81.0 cm³/mol. The Kier molecular flexibility index (Phi) is 3.52. The molecule has 0 amide bonds. The monoisotopic (exact) mass is 355 g/mol. The van der Waals surface area contributed by atoms with Gasteiger partial charge in [0, 0.05) is 11.4 Å². The average molecular weight is 357 g/mol. The highest BCUT2D eigenvalue weighted by molar-refractivity contribution is 9.10. The molecule has 3 aromatic rings. The first-order valence-corrected chi connectivity index (χ1v) is 7.16. The van der Waals surface area contributed by atoms with Crippen LogP contribution < -0.4 is 0 Å². The van der Waals surface area contributed by atoms with Gasteiger partial charge >= 0.3 is 0 Å². The van der Waals surface area contributed by atoms with Crippen LogP contribution in [-0.4, -0.2) is 4.98 Å². The van der Waals surface area contributed by atoms with E-state index in [2.05, 4.69) is 20.9 Å². The molecule has 0 spiro atoms. The minimum Gasteiger partial charge on any atom is -0.439 e. The molecule has 96 valence electrons. The zero-order valence-electron chi connectivity index (χ0n) is 9.66. The van der Waals surface area contributed by atoms with Crippen molar-refractivity contribution in [3.05, 3.63) is 62.4 Å². The number of nitrogens with zero attached hydrogens (tertiary/aromatic N) is 1. The Labute approximate surface area is 128 Å². The van der Waals surface area contributed by atoms with E-state index < -0.39 is 0 Å². The van der Waals surface area contributed by atoms with Crippen molar-refractivity contribution in [2.75, 3.05) is 0 Å². The summed E-state index contributed by atoms with van der Waals surface area (Å²) in [6.45, 7) is 0. The maximum absolute atomic E-state index is 6.11. The lowest BCUT2D eigenvalue weighted by molar-refractivity contribution is 0.543. The summed E-state index contributed by atoms with van der Waals surface area (Å²) in [6, 6.07) is 11.3. The Morgan fingerprint density at radius 2 is 2.00 bits per heavy atom. The second-order valence-corrected chi connectivity index (χ2v) is 5.82. The molecule has 2 aromatic carbocycles. The van der Waals surface area contributed by atoms with Crippen LogP contribution in [0, 0.1) is 0 Å². The standard InChI is InChI=1S/C14H8BrCl2NO/c15-10-4-5-11(17)13-14(10)19-12(18-13)7-8-2-1-3-9(16)6-8/h1-6H,7H2. The van der Waals surface area contributed by atoms with Gasteiger partial charge < -0.3 is 4.42 Å². The molecule has 0 aliphatic heterocycles. The van der Waals surface area contributed by atoms with Crippen LogP contribution in [0.4, 0.5) is 0 Å². The lowest BCUT2D eigenvalue weighted by Crippen LogP contribution is -1.87. The Balaban J connectivity index is 2.02. The molecule has 0 atom stereocenters. The maximum Gasteiger partial charge on any atom is 0.200 e. The van der Waals surface area contributed by atoms with E-state index in [9.17, 15) is 0 Å². The molecule has 1 heterocycles. The van der Waals surface area contributed by atoms with E-state index in [0.29, 0.717) is 33.5 Å². The fraction of sp³-hybridized carbons (Fsp3) is 0.0714. The number of aromatic nitrogens is 1. The summed E-state index contributed by atoms with van der Waals surface area (Å²) < 4.78 is 6.58. The largest absolute Gasteiger partial charge is 0.439 e. The molecule has 2 nitrogen and oxygen atoms in total. The van der Waals surface area contributed by atoms with Crippen LogP contribution in [-0.2, 0) is 6.42 Å². The van der Waals surface area contributed by atoms with E-state index in [4.69, 9.17) is 27.6 Å². The number of hydrogen-bond acceptors (Lipinski definition) is 2. The summed E-state index contributed by atoms with van der Waals surface area (Å²) in [5, 5.41) is 1.28. The molecule has 0 aliphatic rings. The molecule has 0 radical (unpaired) electrons. The van der Waals surface area contributed by atoms with Crippen molar-refractivity contribution in [3.8, 4) is 0 Å². The van der Waals surface area contributed by atoms with Crippen LogP contribution in [0.2, 0.25) is 10.0 Å². The molecule has 3 rings (SSSR count). The lowest BCUT2D eigenvalue weighted by Gasteiger charge is -1.97. The molecule has 0 aliphatic carbocycles. The number of oxazole rings is 1. The Morgan fingerprint density at radius 3 is 2.74 bits per heavy atom. The zero-order valence-corrected chi connectivity index (χ0v) is 12.8. The van der Waals surface area contributed by atoms with Gasteiger partial charge in [-0.2, -0.15) is 0 Å². The van der Waals surface area contributed by atoms with Crippen LogP contribution in [0.25, 0.3) is 11.1 Å². The van der Waals surface area contributed by atoms with Crippen molar-refractivity contribution in [1.82, 2.24) is 4.98 Å². The summed E-state index contributed by atoms with van der Waals surface area (Å²) in [5.41, 5.74) is 2.39. The van der Waals surface area contributed by atoms with Crippen molar-refractivity contribution in [3.63, 3.8) is 0 Å². The van der Waals surface area contributed by atoms with Crippen LogP contribution in [0.15, 0.2) is 45.3 Å². The smallest absolute Gasteiger partial charge is 0.200 e. The molecule has 0 saturated heterocycles. The van der Waals surface area contributed by atoms with Crippen LogP contribution in [0.1, 0.15) is 11.5 Å². The van der Waals surface area contributed by atoms with Crippen molar-refractivity contribution in [2.24, 2.45) is 0 Å². The SMILES string of the molecule is Clc1cccc(Cc2nc3c(Cl)ccc(Br)c3o2)c1. The van der Waals surface area contributed by atoms with Gasteiger partial charge in [0.25, 0.3) is 0 Å². The molecule has 1 aromatic heterocycles. The Morgan fingerprint density at radius 1 is 1.16 bits per heavy atom. The fourth-order valence-electron chi connectivity index (χ4n) is 1.89. The minimum absolute atomic E-state index is 0.581. The Hall–Kier alpha value is -1.03. The van der Waals surface area contributed by atoms with Crippen LogP contribution >= 0.6 is 39.1 Å². The third-order valence-corrected chi connectivity index (χ3v) is 3.90. The summed E-state index contributed by atoms with van der Waals surface area (Å²) >= 11 is 15.5. The third-order valence-electron chi connectivity index (χ3n) is 2.73. The first-order valence-electron chi connectivity index (χ1n) is 5.61. The van der Waals surface area contributed by atoms with Gasteiger partial charge in [0.1, 0.15) is 5.52 Å². The normalized spacial score (nSPS) is 11.1. The van der Waals surface area contributed by atoms with Crippen molar-refractivity contribution < 1.29 is 4.42 Å². The molecule has 19 heavy (non-hydrogen) atoms. The molecular weight excluding hydrogens is 349 g/mol. The molecule has 0 fully saturated rings. The summed E-state index contributed by atoms with van der Waals surface area (Å²) in [4.78, 5) is 4.43. The second-order valence-electron chi connectivity index (χ2n) is 4.12. The highest BCUT2D eigenvalue weighted by atomic mass is 79.9. The topological polar surface area (TPSA) is 26.0 Å². The van der Waals surface area contributed by atoms with Gasteiger partial charge in [-0.25, -0.2) is 4.98 Å². The van der Waals surface area contributed by atoms with Gasteiger partial charge in [-0.15, -0.1) is 0 Å². The highest BCUT2D eigenvalue weighted by Crippen LogP contribution is 2.31. The molecule has 0 saturated carbocycles. The van der Waals surface area contributed by atoms with Gasteiger partial charge in [-0.3, -0.25) is 0 Å². The first-order chi connectivity index (χ1) is 9.13. The van der Waals surface area contributed by atoms with E-state index in [-0.39, 0.29) is 0 Å². The number of benzene rings is 2. The minimum atomic E-state index is 0.581. The van der Waals surface area contributed by atoms with E-state index >= 15 is 0 Å². The molecular formula is C14H8BrCl2NO. The molecule has 0 bridgehead atoms. The molecule has 5 heteroatoms. The van der Waals surface area contributed by atoms with Crippen molar-refractivity contribution in [1.29, 1.82) is 0 Å². The van der Waals surface area contributed by atoms with Crippen LogP contribution in [0.3, 0.4) is 0 Å². The number of halogens is 3. The van der Waals surface area contributed by atoms with Gasteiger partial charge in [-0.05, 0) is 45.8 Å². The molecule has 0 unspecified atom stereocenters.